The highest BCUT2D eigenvalue weighted by Gasteiger charge is 2.18. The smallest absolute Gasteiger partial charge is 0.0668 e. The van der Waals surface area contributed by atoms with Crippen LogP contribution < -0.4 is 0 Å². The van der Waals surface area contributed by atoms with Gasteiger partial charge in [0.25, 0.3) is 0 Å². The molecule has 0 aliphatic rings. The zero-order valence-electron chi connectivity index (χ0n) is 17.8. The van der Waals surface area contributed by atoms with Crippen LogP contribution in [0.5, 0.6) is 0 Å². The number of aromatic amines is 1. The summed E-state index contributed by atoms with van der Waals surface area (Å²) >= 11 is 6.84. The third-order valence-electron chi connectivity index (χ3n) is 6.35. The van der Waals surface area contributed by atoms with E-state index in [-0.39, 0.29) is 5.41 Å². The van der Waals surface area contributed by atoms with E-state index in [4.69, 9.17) is 11.6 Å². The van der Waals surface area contributed by atoms with E-state index in [1.165, 1.54) is 32.8 Å². The number of nitrogens with one attached hydrogen (secondary N) is 1. The molecule has 0 aliphatic carbocycles. The molecule has 2 aromatic heterocycles. The molecule has 2 nitrogen and oxygen atoms in total. The minimum atomic E-state index is 0.0893. The molecule has 152 valence electrons. The van der Waals surface area contributed by atoms with Gasteiger partial charge in [0.05, 0.1) is 21.6 Å². The Morgan fingerprint density at radius 1 is 0.710 bits per heavy atom. The number of hydrogen-bond acceptors (Lipinski definition) is 0. The third kappa shape index (κ3) is 2.72. The number of H-pyrrole nitrogens is 1. The van der Waals surface area contributed by atoms with Crippen LogP contribution in [-0.4, -0.2) is 9.55 Å². The molecule has 1 N–H and O–H groups in total. The van der Waals surface area contributed by atoms with Crippen molar-refractivity contribution in [1.82, 2.24) is 9.55 Å². The van der Waals surface area contributed by atoms with Crippen molar-refractivity contribution in [1.29, 1.82) is 0 Å². The van der Waals surface area contributed by atoms with Gasteiger partial charge in [-0.25, -0.2) is 0 Å². The molecule has 0 fully saturated rings. The van der Waals surface area contributed by atoms with Crippen LogP contribution in [0, 0.1) is 0 Å². The van der Waals surface area contributed by atoms with E-state index in [2.05, 4.69) is 109 Å². The Kier molecular flexibility index (Phi) is 3.82. The standard InChI is InChI=1S/C28H23ClN2/c1-28(2,3)17-12-13-24-21(14-17)22-15-18(16-23(29)27(22)30-24)31-25-10-6-4-8-19(25)20-9-5-7-11-26(20)31/h4-16,30H,1-3H3. The SMILES string of the molecule is CC(C)(C)c1ccc2[nH]c3c(Cl)cc(-n4c5ccccc5c5ccccc54)cc3c2c1. The van der Waals surface area contributed by atoms with Gasteiger partial charge < -0.3 is 9.55 Å². The second kappa shape index (κ2) is 6.38. The van der Waals surface area contributed by atoms with Crippen molar-refractivity contribution in [2.24, 2.45) is 0 Å². The summed E-state index contributed by atoms with van der Waals surface area (Å²) in [5, 5.41) is 5.62. The van der Waals surface area contributed by atoms with Gasteiger partial charge in [-0.1, -0.05) is 74.8 Å². The van der Waals surface area contributed by atoms with Crippen LogP contribution in [0.3, 0.4) is 0 Å². The molecule has 0 amide bonds. The second-order valence-electron chi connectivity index (χ2n) is 9.36. The molecule has 0 saturated heterocycles. The zero-order chi connectivity index (χ0) is 21.3. The number of halogens is 1. The third-order valence-corrected chi connectivity index (χ3v) is 6.65. The van der Waals surface area contributed by atoms with Crippen molar-refractivity contribution >= 4 is 55.2 Å². The summed E-state index contributed by atoms with van der Waals surface area (Å²) in [5.74, 6) is 0. The summed E-state index contributed by atoms with van der Waals surface area (Å²) in [6, 6.07) is 28.2. The summed E-state index contributed by atoms with van der Waals surface area (Å²) in [5.41, 5.74) is 6.97. The molecule has 0 saturated carbocycles. The van der Waals surface area contributed by atoms with Crippen LogP contribution >= 0.6 is 11.6 Å². The molecule has 6 rings (SSSR count). The molecule has 0 aliphatic heterocycles. The van der Waals surface area contributed by atoms with Crippen LogP contribution in [0.25, 0.3) is 49.3 Å². The first-order chi connectivity index (χ1) is 14.9. The molecule has 31 heavy (non-hydrogen) atoms. The first-order valence-electron chi connectivity index (χ1n) is 10.7. The van der Waals surface area contributed by atoms with Gasteiger partial charge in [-0.15, -0.1) is 0 Å². The molecule has 0 spiro atoms. The maximum Gasteiger partial charge on any atom is 0.0668 e. The molecule has 4 aromatic carbocycles. The van der Waals surface area contributed by atoms with Gasteiger partial charge in [0.2, 0.25) is 0 Å². The van der Waals surface area contributed by atoms with Crippen LogP contribution in [0.2, 0.25) is 5.02 Å². The van der Waals surface area contributed by atoms with Crippen molar-refractivity contribution in [2.45, 2.75) is 26.2 Å². The van der Waals surface area contributed by atoms with E-state index in [1.807, 2.05) is 0 Å². The summed E-state index contributed by atoms with van der Waals surface area (Å²) in [6.45, 7) is 6.75. The summed E-state index contributed by atoms with van der Waals surface area (Å²) in [4.78, 5) is 3.53. The number of aromatic nitrogens is 2. The molecular weight excluding hydrogens is 400 g/mol. The van der Waals surface area contributed by atoms with Crippen LogP contribution in [0.1, 0.15) is 26.3 Å². The highest BCUT2D eigenvalue weighted by Crippen LogP contribution is 2.38. The average Bonchev–Trinajstić information content (AvgIpc) is 3.29. The fourth-order valence-electron chi connectivity index (χ4n) is 4.74. The van der Waals surface area contributed by atoms with Gasteiger partial charge in [-0.05, 0) is 47.4 Å². The van der Waals surface area contributed by atoms with E-state index in [0.29, 0.717) is 0 Å². The normalized spacial score (nSPS) is 12.5. The van der Waals surface area contributed by atoms with Gasteiger partial charge in [0.1, 0.15) is 0 Å². The van der Waals surface area contributed by atoms with E-state index >= 15 is 0 Å². The number of hydrogen-bond donors (Lipinski definition) is 1. The lowest BCUT2D eigenvalue weighted by atomic mass is 9.86. The van der Waals surface area contributed by atoms with E-state index < -0.39 is 0 Å². The maximum atomic E-state index is 6.84. The fourth-order valence-corrected chi connectivity index (χ4v) is 5.00. The Morgan fingerprint density at radius 2 is 1.35 bits per heavy atom. The van der Waals surface area contributed by atoms with Gasteiger partial charge in [0, 0.05) is 32.7 Å². The maximum absolute atomic E-state index is 6.84. The van der Waals surface area contributed by atoms with Gasteiger partial charge in [-0.3, -0.25) is 0 Å². The van der Waals surface area contributed by atoms with Crippen molar-refractivity contribution in [2.75, 3.05) is 0 Å². The Balaban J connectivity index is 1.72. The van der Waals surface area contributed by atoms with Crippen molar-refractivity contribution < 1.29 is 0 Å². The summed E-state index contributed by atoms with van der Waals surface area (Å²) in [6.07, 6.45) is 0. The van der Waals surface area contributed by atoms with Crippen molar-refractivity contribution in [3.05, 3.63) is 89.4 Å². The van der Waals surface area contributed by atoms with E-state index in [0.717, 1.165) is 27.1 Å². The topological polar surface area (TPSA) is 20.7 Å². The monoisotopic (exact) mass is 422 g/mol. The number of rotatable bonds is 1. The highest BCUT2D eigenvalue weighted by molar-refractivity contribution is 6.36. The van der Waals surface area contributed by atoms with Crippen molar-refractivity contribution in [3.8, 4) is 5.69 Å². The summed E-state index contributed by atoms with van der Waals surface area (Å²) < 4.78 is 2.32. The number of fused-ring (bicyclic) bond motifs is 6. The molecule has 0 unspecified atom stereocenters. The predicted molar refractivity (Wildman–Crippen MR) is 134 cm³/mol. The fraction of sp³-hybridized carbons (Fsp3) is 0.143. The molecule has 3 heteroatoms. The lowest BCUT2D eigenvalue weighted by Gasteiger charge is -2.18. The minimum Gasteiger partial charge on any atom is -0.353 e. The molecule has 0 bridgehead atoms. The predicted octanol–water partition coefficient (Wildman–Crippen LogP) is 8.37. The van der Waals surface area contributed by atoms with Crippen LogP contribution in [0.15, 0.2) is 78.9 Å². The van der Waals surface area contributed by atoms with Gasteiger partial charge in [0.15, 0.2) is 0 Å². The van der Waals surface area contributed by atoms with Crippen LogP contribution in [0.4, 0.5) is 0 Å². The molecule has 6 aromatic rings. The quantitative estimate of drug-likeness (QED) is 0.274. The number of benzene rings is 4. The minimum absolute atomic E-state index is 0.0893. The van der Waals surface area contributed by atoms with Gasteiger partial charge in [-0.2, -0.15) is 0 Å². The lowest BCUT2D eigenvalue weighted by Crippen LogP contribution is -2.10. The Morgan fingerprint density at radius 3 is 2.00 bits per heavy atom. The second-order valence-corrected chi connectivity index (χ2v) is 9.76. The summed E-state index contributed by atoms with van der Waals surface area (Å²) in [7, 11) is 0. The van der Waals surface area contributed by atoms with Gasteiger partial charge >= 0.3 is 0 Å². The highest BCUT2D eigenvalue weighted by atomic mass is 35.5. The van der Waals surface area contributed by atoms with Crippen LogP contribution in [-0.2, 0) is 5.41 Å². The van der Waals surface area contributed by atoms with E-state index in [1.54, 1.807) is 0 Å². The Hall–Kier alpha value is -3.23. The molecule has 0 radical (unpaired) electrons. The molecular formula is C28H23ClN2. The number of nitrogens with zero attached hydrogens (tertiary/aromatic N) is 1. The number of para-hydroxylation sites is 2. The Labute approximate surface area is 186 Å². The average molecular weight is 423 g/mol. The van der Waals surface area contributed by atoms with E-state index in [9.17, 15) is 0 Å². The molecule has 0 atom stereocenters. The first-order valence-corrected chi connectivity index (χ1v) is 11.0. The first kappa shape index (κ1) is 18.5. The Bertz CT molecular complexity index is 1570. The zero-order valence-corrected chi connectivity index (χ0v) is 18.6. The van der Waals surface area contributed by atoms with Crippen molar-refractivity contribution in [3.63, 3.8) is 0 Å². The lowest BCUT2D eigenvalue weighted by molar-refractivity contribution is 0.591. The molecule has 2 heterocycles. The largest absolute Gasteiger partial charge is 0.353 e.